The van der Waals surface area contributed by atoms with Gasteiger partial charge in [-0.25, -0.2) is 9.97 Å². The molecule has 5 nitrogen and oxygen atoms in total. The van der Waals surface area contributed by atoms with Crippen LogP contribution in [0.1, 0.15) is 53.5 Å². The lowest BCUT2D eigenvalue weighted by molar-refractivity contribution is -0.141. The number of hydrogen-bond donors (Lipinski definition) is 1. The van der Waals surface area contributed by atoms with Crippen LogP contribution in [0.25, 0.3) is 11.2 Å². The summed E-state index contributed by atoms with van der Waals surface area (Å²) in [4.78, 5) is 21.4. The second-order valence-corrected chi connectivity index (χ2v) is 8.48. The number of benzene rings is 2. The van der Waals surface area contributed by atoms with Crippen molar-refractivity contribution in [1.82, 2.24) is 14.5 Å². The fraction of sp³-hybridized carbons (Fsp3) is 0.296. The van der Waals surface area contributed by atoms with E-state index in [-0.39, 0.29) is 5.92 Å². The molecule has 164 valence electrons. The van der Waals surface area contributed by atoms with Gasteiger partial charge in [0.05, 0.1) is 12.5 Å². The first-order valence-corrected chi connectivity index (χ1v) is 11.1. The molecule has 0 aliphatic rings. The molecule has 2 heterocycles. The first-order valence-electron chi connectivity index (χ1n) is 11.1. The van der Waals surface area contributed by atoms with Gasteiger partial charge in [-0.1, -0.05) is 68.4 Å². The number of aromatic nitrogens is 3. The van der Waals surface area contributed by atoms with Gasteiger partial charge in [0.15, 0.2) is 5.65 Å². The quantitative estimate of drug-likeness (QED) is 0.422. The smallest absolute Gasteiger partial charge is 0.307 e. The molecule has 2 aromatic carbocycles. The maximum atomic E-state index is 11.8. The number of carboxylic acid groups (broad SMARTS) is 1. The second-order valence-electron chi connectivity index (χ2n) is 8.48. The monoisotopic (exact) mass is 427 g/mol. The van der Waals surface area contributed by atoms with E-state index in [2.05, 4.69) is 48.7 Å². The van der Waals surface area contributed by atoms with Gasteiger partial charge in [0.2, 0.25) is 0 Å². The summed E-state index contributed by atoms with van der Waals surface area (Å²) in [5.74, 6) is -0.498. The molecule has 0 radical (unpaired) electrons. The highest BCUT2D eigenvalue weighted by molar-refractivity contribution is 5.76. The normalized spacial score (nSPS) is 13.2. The van der Waals surface area contributed by atoms with Crippen LogP contribution in [0, 0.1) is 19.8 Å². The Hall–Kier alpha value is -3.47. The van der Waals surface area contributed by atoms with Crippen LogP contribution < -0.4 is 0 Å². The zero-order chi connectivity index (χ0) is 22.8. The molecule has 4 aromatic rings. The molecular weight excluding hydrogens is 398 g/mol. The summed E-state index contributed by atoms with van der Waals surface area (Å²) in [6.07, 6.45) is 0.832. The molecule has 0 spiro atoms. The molecule has 0 saturated carbocycles. The number of fused-ring (bicyclic) bond motifs is 1. The van der Waals surface area contributed by atoms with E-state index in [1.807, 2.05) is 37.3 Å². The van der Waals surface area contributed by atoms with Crippen LogP contribution in [0.15, 0.2) is 60.7 Å². The summed E-state index contributed by atoms with van der Waals surface area (Å²) in [7, 11) is 0. The van der Waals surface area contributed by atoms with Gasteiger partial charge in [0, 0.05) is 18.0 Å². The standard InChI is InChI=1S/C27H29N3O2/c1-5-23-29-25-17(2)15-18(3)28-26(25)30(23)16-20-11-13-22(14-12-20)24(19(4)27(31)32)21-9-7-6-8-10-21/h6-15,19,24H,5,16H2,1-4H3,(H,31,32)/t19-,24-/m1/s1. The molecule has 0 aliphatic heterocycles. The molecule has 2 aromatic heterocycles. The van der Waals surface area contributed by atoms with Crippen LogP contribution in [0.3, 0.4) is 0 Å². The fourth-order valence-electron chi connectivity index (χ4n) is 4.47. The number of nitrogens with zero attached hydrogens (tertiary/aromatic N) is 3. The maximum Gasteiger partial charge on any atom is 0.307 e. The number of carbonyl (C=O) groups is 1. The molecule has 4 rings (SSSR count). The van der Waals surface area contributed by atoms with E-state index >= 15 is 0 Å². The van der Waals surface area contributed by atoms with E-state index in [1.54, 1.807) is 6.92 Å². The number of aliphatic carboxylic acids is 1. The summed E-state index contributed by atoms with van der Waals surface area (Å²) >= 11 is 0. The van der Waals surface area contributed by atoms with Gasteiger partial charge in [-0.2, -0.15) is 0 Å². The van der Waals surface area contributed by atoms with Gasteiger partial charge < -0.3 is 9.67 Å². The Balaban J connectivity index is 1.69. The average molecular weight is 428 g/mol. The summed E-state index contributed by atoms with van der Waals surface area (Å²) < 4.78 is 2.19. The number of hydrogen-bond acceptors (Lipinski definition) is 3. The Morgan fingerprint density at radius 2 is 1.66 bits per heavy atom. The molecule has 2 atom stereocenters. The zero-order valence-electron chi connectivity index (χ0n) is 19.0. The number of aryl methyl sites for hydroxylation is 3. The second kappa shape index (κ2) is 8.95. The van der Waals surface area contributed by atoms with E-state index in [9.17, 15) is 9.90 Å². The zero-order valence-corrected chi connectivity index (χ0v) is 19.0. The average Bonchev–Trinajstić information content (AvgIpc) is 3.13. The molecule has 32 heavy (non-hydrogen) atoms. The number of rotatable bonds is 7. The molecule has 0 bridgehead atoms. The van der Waals surface area contributed by atoms with Crippen LogP contribution in [-0.4, -0.2) is 25.6 Å². The fourth-order valence-corrected chi connectivity index (χ4v) is 4.47. The van der Waals surface area contributed by atoms with Crippen LogP contribution in [-0.2, 0) is 17.8 Å². The molecule has 1 N–H and O–H groups in total. The predicted octanol–water partition coefficient (Wildman–Crippen LogP) is 5.51. The molecule has 0 fully saturated rings. The van der Waals surface area contributed by atoms with Gasteiger partial charge >= 0.3 is 5.97 Å². The summed E-state index contributed by atoms with van der Waals surface area (Å²) in [6.45, 7) is 8.66. The Morgan fingerprint density at radius 1 is 1.00 bits per heavy atom. The van der Waals surface area contributed by atoms with Crippen LogP contribution in [0.4, 0.5) is 0 Å². The van der Waals surface area contributed by atoms with Gasteiger partial charge in [-0.15, -0.1) is 0 Å². The molecule has 0 aliphatic carbocycles. The Kier molecular flexibility index (Phi) is 6.08. The molecular formula is C27H29N3O2. The molecule has 5 heteroatoms. The highest BCUT2D eigenvalue weighted by Crippen LogP contribution is 2.32. The van der Waals surface area contributed by atoms with Gasteiger partial charge in [-0.05, 0) is 42.2 Å². The highest BCUT2D eigenvalue weighted by atomic mass is 16.4. The molecule has 0 amide bonds. The number of carboxylic acids is 1. The summed E-state index contributed by atoms with van der Waals surface area (Å²) in [5, 5.41) is 9.69. The maximum absolute atomic E-state index is 11.8. The summed E-state index contributed by atoms with van der Waals surface area (Å²) in [6, 6.07) is 20.2. The van der Waals surface area contributed by atoms with E-state index in [0.29, 0.717) is 6.54 Å². The number of pyridine rings is 1. The van der Waals surface area contributed by atoms with Crippen molar-refractivity contribution in [3.05, 3.63) is 94.4 Å². The van der Waals surface area contributed by atoms with Crippen LogP contribution in [0.2, 0.25) is 0 Å². The van der Waals surface area contributed by atoms with Crippen molar-refractivity contribution in [2.75, 3.05) is 0 Å². The van der Waals surface area contributed by atoms with Crippen molar-refractivity contribution in [3.63, 3.8) is 0 Å². The first-order chi connectivity index (χ1) is 15.4. The van der Waals surface area contributed by atoms with Gasteiger partial charge in [0.25, 0.3) is 0 Å². The van der Waals surface area contributed by atoms with Crippen molar-refractivity contribution in [3.8, 4) is 0 Å². The predicted molar refractivity (Wildman–Crippen MR) is 127 cm³/mol. The van der Waals surface area contributed by atoms with Crippen molar-refractivity contribution >= 4 is 17.1 Å². The van der Waals surface area contributed by atoms with Crippen LogP contribution >= 0.6 is 0 Å². The first kappa shape index (κ1) is 21.8. The molecule has 0 unspecified atom stereocenters. The lowest BCUT2D eigenvalue weighted by Gasteiger charge is -2.22. The van der Waals surface area contributed by atoms with E-state index in [0.717, 1.165) is 51.4 Å². The minimum atomic E-state index is -0.794. The lowest BCUT2D eigenvalue weighted by Crippen LogP contribution is -2.20. The minimum absolute atomic E-state index is 0.199. The number of imidazole rings is 1. The minimum Gasteiger partial charge on any atom is -0.481 e. The third-order valence-electron chi connectivity index (χ3n) is 6.15. The van der Waals surface area contributed by atoms with Gasteiger partial charge in [-0.3, -0.25) is 4.79 Å². The van der Waals surface area contributed by atoms with Crippen molar-refractivity contribution in [2.45, 2.75) is 46.6 Å². The lowest BCUT2D eigenvalue weighted by atomic mass is 9.81. The van der Waals surface area contributed by atoms with E-state index in [4.69, 9.17) is 9.97 Å². The third-order valence-corrected chi connectivity index (χ3v) is 6.15. The Bertz CT molecular complexity index is 1240. The highest BCUT2D eigenvalue weighted by Gasteiger charge is 2.26. The third kappa shape index (κ3) is 4.15. The van der Waals surface area contributed by atoms with Crippen molar-refractivity contribution in [2.24, 2.45) is 5.92 Å². The summed E-state index contributed by atoms with van der Waals surface area (Å²) in [5.41, 5.74) is 7.17. The largest absolute Gasteiger partial charge is 0.481 e. The van der Waals surface area contributed by atoms with E-state index < -0.39 is 11.9 Å². The van der Waals surface area contributed by atoms with Crippen molar-refractivity contribution in [1.29, 1.82) is 0 Å². The van der Waals surface area contributed by atoms with Gasteiger partial charge in [0.1, 0.15) is 11.3 Å². The Labute approximate surface area is 188 Å². The van der Waals surface area contributed by atoms with Crippen molar-refractivity contribution < 1.29 is 9.90 Å². The molecule has 0 saturated heterocycles. The van der Waals surface area contributed by atoms with Crippen LogP contribution in [0.5, 0.6) is 0 Å². The Morgan fingerprint density at radius 3 is 2.28 bits per heavy atom. The van der Waals surface area contributed by atoms with E-state index in [1.165, 1.54) is 0 Å². The SMILES string of the molecule is CCc1nc2c(C)cc(C)nc2n1Cc1ccc([C@@H](c2ccccc2)[C@@H](C)C(=O)O)cc1. The topological polar surface area (TPSA) is 68.0 Å².